The summed E-state index contributed by atoms with van der Waals surface area (Å²) in [5, 5.41) is 5.11. The first-order chi connectivity index (χ1) is 7.74. The van der Waals surface area contributed by atoms with E-state index in [2.05, 4.69) is 15.5 Å². The van der Waals surface area contributed by atoms with Crippen LogP contribution in [-0.2, 0) is 0 Å². The van der Waals surface area contributed by atoms with Crippen molar-refractivity contribution >= 4 is 34.6 Å². The Labute approximate surface area is 105 Å². The van der Waals surface area contributed by atoms with E-state index in [0.717, 1.165) is 18.5 Å². The first-order valence-corrected chi connectivity index (χ1v) is 6.14. The SMILES string of the molecule is Clc1cc(NN=C2CCCCC2)cc(Cl)n1. The number of anilines is 1. The van der Waals surface area contributed by atoms with Gasteiger partial charge >= 0.3 is 0 Å². The summed E-state index contributed by atoms with van der Waals surface area (Å²) in [6.07, 6.45) is 5.95. The lowest BCUT2D eigenvalue weighted by atomic mass is 9.99. The van der Waals surface area contributed by atoms with Gasteiger partial charge in [-0.05, 0) is 25.7 Å². The summed E-state index contributed by atoms with van der Waals surface area (Å²) in [5.41, 5.74) is 4.97. The summed E-state index contributed by atoms with van der Waals surface area (Å²) in [5.74, 6) is 0. The quantitative estimate of drug-likeness (QED) is 0.640. The molecule has 0 atom stereocenters. The van der Waals surface area contributed by atoms with Gasteiger partial charge in [-0.3, -0.25) is 5.43 Å². The standard InChI is InChI=1S/C11H13Cl2N3/c12-10-6-9(7-11(13)14-10)16-15-8-4-2-1-3-5-8/h6-7H,1-5H2,(H,14,16). The van der Waals surface area contributed by atoms with E-state index >= 15 is 0 Å². The van der Waals surface area contributed by atoms with Gasteiger partial charge in [-0.25, -0.2) is 4.98 Å². The molecule has 0 saturated heterocycles. The van der Waals surface area contributed by atoms with Crippen molar-refractivity contribution in [3.05, 3.63) is 22.4 Å². The van der Waals surface area contributed by atoms with Crippen molar-refractivity contribution in [3.63, 3.8) is 0 Å². The second-order valence-corrected chi connectivity index (χ2v) is 4.63. The van der Waals surface area contributed by atoms with Gasteiger partial charge in [-0.2, -0.15) is 5.10 Å². The van der Waals surface area contributed by atoms with Gasteiger partial charge in [0, 0.05) is 17.8 Å². The van der Waals surface area contributed by atoms with Crippen LogP contribution in [-0.4, -0.2) is 10.7 Å². The van der Waals surface area contributed by atoms with Crippen molar-refractivity contribution in [2.24, 2.45) is 5.10 Å². The maximum Gasteiger partial charge on any atom is 0.132 e. The molecule has 0 aromatic carbocycles. The number of nitrogens with one attached hydrogen (secondary N) is 1. The van der Waals surface area contributed by atoms with Crippen molar-refractivity contribution in [1.29, 1.82) is 0 Å². The zero-order valence-corrected chi connectivity index (χ0v) is 10.4. The van der Waals surface area contributed by atoms with E-state index in [0.29, 0.717) is 10.3 Å². The number of hydrogen-bond donors (Lipinski definition) is 1. The minimum atomic E-state index is 0.374. The smallest absolute Gasteiger partial charge is 0.132 e. The molecule has 86 valence electrons. The van der Waals surface area contributed by atoms with Crippen molar-refractivity contribution in [3.8, 4) is 0 Å². The van der Waals surface area contributed by atoms with Crippen molar-refractivity contribution in [2.75, 3.05) is 5.43 Å². The molecule has 1 N–H and O–H groups in total. The van der Waals surface area contributed by atoms with Crippen LogP contribution < -0.4 is 5.43 Å². The first-order valence-electron chi connectivity index (χ1n) is 5.38. The predicted octanol–water partition coefficient (Wildman–Crippen LogP) is 4.12. The third-order valence-electron chi connectivity index (χ3n) is 2.54. The molecule has 1 aliphatic rings. The van der Waals surface area contributed by atoms with E-state index < -0.39 is 0 Å². The lowest BCUT2D eigenvalue weighted by Gasteiger charge is -2.12. The molecule has 1 aromatic rings. The topological polar surface area (TPSA) is 37.3 Å². The molecule has 0 aliphatic heterocycles. The van der Waals surface area contributed by atoms with Gasteiger partial charge in [-0.1, -0.05) is 29.6 Å². The van der Waals surface area contributed by atoms with Crippen LogP contribution in [0.4, 0.5) is 5.69 Å². The Kier molecular flexibility index (Phi) is 4.02. The molecule has 0 unspecified atom stereocenters. The fourth-order valence-electron chi connectivity index (χ4n) is 1.74. The number of pyridine rings is 1. The summed E-state index contributed by atoms with van der Waals surface area (Å²) < 4.78 is 0. The molecule has 1 heterocycles. The molecule has 3 nitrogen and oxygen atoms in total. The maximum absolute atomic E-state index is 5.79. The van der Waals surface area contributed by atoms with E-state index in [4.69, 9.17) is 23.2 Å². The molecular weight excluding hydrogens is 245 g/mol. The van der Waals surface area contributed by atoms with Crippen LogP contribution in [0.15, 0.2) is 17.2 Å². The Balaban J connectivity index is 2.03. The average molecular weight is 258 g/mol. The number of aromatic nitrogens is 1. The minimum Gasteiger partial charge on any atom is -0.278 e. The highest BCUT2D eigenvalue weighted by Crippen LogP contribution is 2.20. The van der Waals surface area contributed by atoms with E-state index in [9.17, 15) is 0 Å². The van der Waals surface area contributed by atoms with Crippen LogP contribution in [0.3, 0.4) is 0 Å². The van der Waals surface area contributed by atoms with Gasteiger partial charge in [-0.15, -0.1) is 0 Å². The van der Waals surface area contributed by atoms with Gasteiger partial charge < -0.3 is 0 Å². The third kappa shape index (κ3) is 3.35. The van der Waals surface area contributed by atoms with E-state index in [1.54, 1.807) is 12.1 Å². The third-order valence-corrected chi connectivity index (χ3v) is 2.92. The molecule has 0 bridgehead atoms. The minimum absolute atomic E-state index is 0.374. The normalized spacial score (nSPS) is 16.0. The highest BCUT2D eigenvalue weighted by molar-refractivity contribution is 6.32. The predicted molar refractivity (Wildman–Crippen MR) is 68.4 cm³/mol. The highest BCUT2D eigenvalue weighted by Gasteiger charge is 2.06. The fourth-order valence-corrected chi connectivity index (χ4v) is 2.21. The second kappa shape index (κ2) is 5.51. The average Bonchev–Trinajstić information content (AvgIpc) is 2.27. The van der Waals surface area contributed by atoms with Gasteiger partial charge in [0.25, 0.3) is 0 Å². The lowest BCUT2D eigenvalue weighted by molar-refractivity contribution is 0.665. The number of hydrazone groups is 1. The number of halogens is 2. The lowest BCUT2D eigenvalue weighted by Crippen LogP contribution is -2.07. The Morgan fingerprint density at radius 1 is 1.06 bits per heavy atom. The Bertz CT molecular complexity index is 376. The number of nitrogens with zero attached hydrogens (tertiary/aromatic N) is 2. The summed E-state index contributed by atoms with van der Waals surface area (Å²) in [4.78, 5) is 3.87. The van der Waals surface area contributed by atoms with E-state index in [1.807, 2.05) is 0 Å². The van der Waals surface area contributed by atoms with Crippen LogP contribution in [0.25, 0.3) is 0 Å². The van der Waals surface area contributed by atoms with Crippen LogP contribution in [0.5, 0.6) is 0 Å². The van der Waals surface area contributed by atoms with Crippen LogP contribution in [0, 0.1) is 0 Å². The summed E-state index contributed by atoms with van der Waals surface area (Å²) in [6, 6.07) is 3.42. The zero-order chi connectivity index (χ0) is 11.4. The monoisotopic (exact) mass is 257 g/mol. The molecule has 0 radical (unpaired) electrons. The zero-order valence-electron chi connectivity index (χ0n) is 8.84. The van der Waals surface area contributed by atoms with Gasteiger partial charge in [0.15, 0.2) is 0 Å². The van der Waals surface area contributed by atoms with Gasteiger partial charge in [0.2, 0.25) is 0 Å². The van der Waals surface area contributed by atoms with E-state index in [-0.39, 0.29) is 0 Å². The second-order valence-electron chi connectivity index (χ2n) is 3.85. The molecule has 2 rings (SSSR count). The molecular formula is C11H13Cl2N3. The van der Waals surface area contributed by atoms with Gasteiger partial charge in [0.1, 0.15) is 10.3 Å². The number of rotatable bonds is 2. The summed E-state index contributed by atoms with van der Waals surface area (Å²) in [7, 11) is 0. The summed E-state index contributed by atoms with van der Waals surface area (Å²) >= 11 is 11.6. The molecule has 5 heteroatoms. The van der Waals surface area contributed by atoms with Crippen LogP contribution in [0.1, 0.15) is 32.1 Å². The maximum atomic E-state index is 5.79. The molecule has 1 saturated carbocycles. The molecule has 1 aliphatic carbocycles. The van der Waals surface area contributed by atoms with Crippen LogP contribution >= 0.6 is 23.2 Å². The van der Waals surface area contributed by atoms with E-state index in [1.165, 1.54) is 25.0 Å². The van der Waals surface area contributed by atoms with Crippen LogP contribution in [0.2, 0.25) is 10.3 Å². The molecule has 0 amide bonds. The van der Waals surface area contributed by atoms with Gasteiger partial charge in [0.05, 0.1) is 5.69 Å². The summed E-state index contributed by atoms with van der Waals surface area (Å²) in [6.45, 7) is 0. The Hall–Kier alpha value is -0.800. The molecule has 16 heavy (non-hydrogen) atoms. The van der Waals surface area contributed by atoms with Crippen molar-refractivity contribution < 1.29 is 0 Å². The number of hydrogen-bond acceptors (Lipinski definition) is 3. The molecule has 1 aromatic heterocycles. The molecule has 0 spiro atoms. The molecule has 1 fully saturated rings. The Morgan fingerprint density at radius 3 is 2.31 bits per heavy atom. The largest absolute Gasteiger partial charge is 0.278 e. The fraction of sp³-hybridized carbons (Fsp3) is 0.455. The highest BCUT2D eigenvalue weighted by atomic mass is 35.5. The van der Waals surface area contributed by atoms with Crippen molar-refractivity contribution in [1.82, 2.24) is 4.98 Å². The Morgan fingerprint density at radius 2 is 1.69 bits per heavy atom. The van der Waals surface area contributed by atoms with Crippen molar-refractivity contribution in [2.45, 2.75) is 32.1 Å². The first kappa shape index (κ1) is 11.7.